The molecule has 0 saturated carbocycles. The van der Waals surface area contributed by atoms with Crippen LogP contribution in [0.5, 0.6) is 0 Å². The maximum absolute atomic E-state index is 11.6. The first-order chi connectivity index (χ1) is 7.16. The maximum Gasteiger partial charge on any atom is 0.279 e. The molecule has 0 unspecified atom stereocenters. The molecule has 0 aromatic carbocycles. The molecule has 15 heavy (non-hydrogen) atoms. The van der Waals surface area contributed by atoms with Gasteiger partial charge in [0, 0.05) is 20.2 Å². The lowest BCUT2D eigenvalue weighted by Crippen LogP contribution is -2.30. The van der Waals surface area contributed by atoms with Gasteiger partial charge in [-0.2, -0.15) is 0 Å². The van der Waals surface area contributed by atoms with Gasteiger partial charge >= 0.3 is 0 Å². The summed E-state index contributed by atoms with van der Waals surface area (Å²) in [6.07, 6.45) is 0. The molecule has 84 valence electrons. The van der Waals surface area contributed by atoms with Gasteiger partial charge in [-0.25, -0.2) is 4.63 Å². The number of aromatic nitrogens is 2. The number of nitrogens with two attached hydrogens (primary N) is 1. The average Bonchev–Trinajstić information content (AvgIpc) is 2.63. The van der Waals surface area contributed by atoms with Crippen LogP contribution < -0.4 is 5.73 Å². The van der Waals surface area contributed by atoms with E-state index in [1.54, 1.807) is 7.05 Å². The van der Waals surface area contributed by atoms with Gasteiger partial charge in [-0.15, -0.1) is 0 Å². The van der Waals surface area contributed by atoms with Gasteiger partial charge in [0.2, 0.25) is 11.5 Å². The van der Waals surface area contributed by atoms with Gasteiger partial charge in [0.25, 0.3) is 5.91 Å². The molecule has 0 aliphatic rings. The second-order valence-corrected chi connectivity index (χ2v) is 2.92. The topological polar surface area (TPSA) is 94.5 Å². The zero-order valence-corrected chi connectivity index (χ0v) is 8.77. The number of carbonyl (C=O) groups is 1. The lowest BCUT2D eigenvalue weighted by Gasteiger charge is -2.14. The Hall–Kier alpha value is -1.63. The fourth-order valence-corrected chi connectivity index (χ4v) is 0.972. The molecule has 7 heteroatoms. The molecule has 0 aliphatic heterocycles. The number of nitrogens with zero attached hydrogens (tertiary/aromatic N) is 3. The number of anilines is 1. The van der Waals surface area contributed by atoms with Crippen molar-refractivity contribution < 1.29 is 14.2 Å². The number of ether oxygens (including phenoxy) is 1. The van der Waals surface area contributed by atoms with Crippen LogP contribution in [0.25, 0.3) is 0 Å². The van der Waals surface area contributed by atoms with Crippen LogP contribution in [0.1, 0.15) is 17.4 Å². The van der Waals surface area contributed by atoms with Crippen LogP contribution in [-0.4, -0.2) is 47.9 Å². The number of nitrogen functional groups attached to an aromatic ring is 1. The van der Waals surface area contributed by atoms with E-state index in [0.29, 0.717) is 19.8 Å². The van der Waals surface area contributed by atoms with E-state index in [9.17, 15) is 4.79 Å². The molecule has 1 aromatic rings. The van der Waals surface area contributed by atoms with Gasteiger partial charge in [-0.1, -0.05) is 0 Å². The normalized spacial score (nSPS) is 10.3. The summed E-state index contributed by atoms with van der Waals surface area (Å²) < 4.78 is 9.46. The lowest BCUT2D eigenvalue weighted by molar-refractivity contribution is 0.0700. The van der Waals surface area contributed by atoms with Crippen molar-refractivity contribution in [3.63, 3.8) is 0 Å². The van der Waals surface area contributed by atoms with Crippen LogP contribution in [0.2, 0.25) is 0 Å². The predicted octanol–water partition coefficient (Wildman–Crippen LogP) is -0.240. The summed E-state index contributed by atoms with van der Waals surface area (Å²) in [6, 6.07) is 0. The molecular formula is C8H14N4O3. The molecule has 0 radical (unpaired) electrons. The van der Waals surface area contributed by atoms with E-state index < -0.39 is 0 Å². The molecule has 0 aliphatic carbocycles. The summed E-state index contributed by atoms with van der Waals surface area (Å²) in [7, 11) is 1.63. The Morgan fingerprint density at radius 3 is 2.87 bits per heavy atom. The van der Waals surface area contributed by atoms with E-state index in [1.807, 2.05) is 6.92 Å². The van der Waals surface area contributed by atoms with Crippen molar-refractivity contribution in [2.24, 2.45) is 0 Å². The summed E-state index contributed by atoms with van der Waals surface area (Å²) in [5, 5.41) is 6.75. The van der Waals surface area contributed by atoms with Gasteiger partial charge in [0.1, 0.15) is 0 Å². The Kier molecular flexibility index (Phi) is 4.04. The van der Waals surface area contributed by atoms with Crippen LogP contribution >= 0.6 is 0 Å². The molecular weight excluding hydrogens is 200 g/mol. The van der Waals surface area contributed by atoms with Crippen molar-refractivity contribution >= 4 is 11.7 Å². The first-order valence-electron chi connectivity index (χ1n) is 4.58. The largest absolute Gasteiger partial charge is 0.380 e. The Bertz CT molecular complexity index is 325. The second-order valence-electron chi connectivity index (χ2n) is 2.92. The average molecular weight is 214 g/mol. The van der Waals surface area contributed by atoms with Crippen LogP contribution in [0.4, 0.5) is 5.82 Å². The molecule has 0 saturated heterocycles. The van der Waals surface area contributed by atoms with Gasteiger partial charge in [-0.3, -0.25) is 4.79 Å². The zero-order valence-electron chi connectivity index (χ0n) is 8.77. The Morgan fingerprint density at radius 1 is 1.60 bits per heavy atom. The molecule has 0 bridgehead atoms. The highest BCUT2D eigenvalue weighted by atomic mass is 16.6. The number of carbonyl (C=O) groups excluding carboxylic acids is 1. The predicted molar refractivity (Wildman–Crippen MR) is 52.2 cm³/mol. The minimum absolute atomic E-state index is 0.00302. The molecule has 1 heterocycles. The fraction of sp³-hybridized carbons (Fsp3) is 0.625. The molecule has 1 amide bonds. The number of rotatable bonds is 5. The standard InChI is InChI=1S/C8H14N4O3/c1-3-14-5-4-12(2)8(13)6-7(9)11-15-10-6/h3-5H2,1-2H3,(H2,9,11). The smallest absolute Gasteiger partial charge is 0.279 e. The Morgan fingerprint density at radius 2 is 2.33 bits per heavy atom. The summed E-state index contributed by atoms with van der Waals surface area (Å²) in [5.41, 5.74) is 5.42. The van der Waals surface area contributed by atoms with Crippen LogP contribution in [0.15, 0.2) is 4.63 Å². The number of hydrogen-bond acceptors (Lipinski definition) is 6. The van der Waals surface area contributed by atoms with Gasteiger partial charge < -0.3 is 15.4 Å². The molecule has 1 aromatic heterocycles. The van der Waals surface area contributed by atoms with E-state index in [1.165, 1.54) is 4.90 Å². The van der Waals surface area contributed by atoms with Crippen LogP contribution in [0, 0.1) is 0 Å². The zero-order chi connectivity index (χ0) is 11.3. The van der Waals surface area contributed by atoms with E-state index in [-0.39, 0.29) is 17.4 Å². The van der Waals surface area contributed by atoms with Gasteiger partial charge in [0.15, 0.2) is 0 Å². The highest BCUT2D eigenvalue weighted by Gasteiger charge is 2.19. The first-order valence-corrected chi connectivity index (χ1v) is 4.58. The van der Waals surface area contributed by atoms with Crippen molar-refractivity contribution in [3.8, 4) is 0 Å². The Labute approximate surface area is 87.1 Å². The minimum Gasteiger partial charge on any atom is -0.380 e. The highest BCUT2D eigenvalue weighted by Crippen LogP contribution is 2.06. The number of amides is 1. The number of hydrogen-bond donors (Lipinski definition) is 1. The maximum atomic E-state index is 11.6. The lowest BCUT2D eigenvalue weighted by atomic mass is 10.4. The molecule has 0 spiro atoms. The van der Waals surface area contributed by atoms with Crippen molar-refractivity contribution in [2.45, 2.75) is 6.92 Å². The third kappa shape index (κ3) is 2.91. The molecule has 2 N–H and O–H groups in total. The van der Waals surface area contributed by atoms with Crippen molar-refractivity contribution in [2.75, 3.05) is 32.5 Å². The second kappa shape index (κ2) is 5.30. The minimum atomic E-state index is -0.326. The molecule has 0 fully saturated rings. The van der Waals surface area contributed by atoms with E-state index in [4.69, 9.17) is 10.5 Å². The van der Waals surface area contributed by atoms with Crippen LogP contribution in [-0.2, 0) is 4.74 Å². The summed E-state index contributed by atoms with van der Waals surface area (Å²) in [6.45, 7) is 3.46. The molecule has 0 atom stereocenters. The third-order valence-electron chi connectivity index (χ3n) is 1.84. The van der Waals surface area contributed by atoms with E-state index in [0.717, 1.165) is 0 Å². The number of likely N-dealkylation sites (N-methyl/N-ethyl adjacent to an activating group) is 1. The highest BCUT2D eigenvalue weighted by molar-refractivity contribution is 5.95. The monoisotopic (exact) mass is 214 g/mol. The van der Waals surface area contributed by atoms with Gasteiger partial charge in [-0.05, 0) is 17.2 Å². The van der Waals surface area contributed by atoms with E-state index in [2.05, 4.69) is 14.9 Å². The van der Waals surface area contributed by atoms with Crippen molar-refractivity contribution in [1.82, 2.24) is 15.2 Å². The Balaban J connectivity index is 2.50. The van der Waals surface area contributed by atoms with Crippen molar-refractivity contribution in [3.05, 3.63) is 5.69 Å². The van der Waals surface area contributed by atoms with Crippen LogP contribution in [0.3, 0.4) is 0 Å². The summed E-state index contributed by atoms with van der Waals surface area (Å²) >= 11 is 0. The van der Waals surface area contributed by atoms with Crippen molar-refractivity contribution in [1.29, 1.82) is 0 Å². The third-order valence-corrected chi connectivity index (χ3v) is 1.84. The fourth-order valence-electron chi connectivity index (χ4n) is 0.972. The van der Waals surface area contributed by atoms with E-state index >= 15 is 0 Å². The molecule has 1 rings (SSSR count). The summed E-state index contributed by atoms with van der Waals surface area (Å²) in [5.74, 6) is -0.322. The SMILES string of the molecule is CCOCCN(C)C(=O)c1nonc1N. The first kappa shape index (κ1) is 11.4. The summed E-state index contributed by atoms with van der Waals surface area (Å²) in [4.78, 5) is 13.1. The molecule has 7 nitrogen and oxygen atoms in total. The quantitative estimate of drug-likeness (QED) is 0.680. The van der Waals surface area contributed by atoms with Gasteiger partial charge in [0.05, 0.1) is 6.61 Å².